The topological polar surface area (TPSA) is 75.5 Å². The van der Waals surface area contributed by atoms with E-state index in [9.17, 15) is 19.1 Å². The lowest BCUT2D eigenvalue weighted by Crippen LogP contribution is -2.10. The smallest absolute Gasteiger partial charge is 0.298 e. The van der Waals surface area contributed by atoms with Gasteiger partial charge in [-0.05, 0) is 24.6 Å². The summed E-state index contributed by atoms with van der Waals surface area (Å²) in [4.78, 5) is 9.83. The van der Waals surface area contributed by atoms with Crippen LogP contribution in [-0.4, -0.2) is 40.4 Å². The first kappa shape index (κ1) is 14.6. The summed E-state index contributed by atoms with van der Waals surface area (Å²) >= 11 is 0. The molecule has 1 aromatic carbocycles. The SMILES string of the molecule is CC(OP(=O)(N1CC1)N1CC1)c1ccc([N+](=O)[O-])c(F)c1. The summed E-state index contributed by atoms with van der Waals surface area (Å²) in [6.45, 7) is 4.59. The van der Waals surface area contributed by atoms with Gasteiger partial charge >= 0.3 is 13.4 Å². The van der Waals surface area contributed by atoms with Crippen LogP contribution in [0.1, 0.15) is 18.6 Å². The lowest BCUT2D eigenvalue weighted by molar-refractivity contribution is -0.387. The van der Waals surface area contributed by atoms with Crippen LogP contribution in [0, 0.1) is 15.9 Å². The molecule has 2 aliphatic heterocycles. The molecule has 21 heavy (non-hydrogen) atoms. The molecule has 1 atom stereocenters. The van der Waals surface area contributed by atoms with Crippen molar-refractivity contribution in [2.45, 2.75) is 13.0 Å². The van der Waals surface area contributed by atoms with Gasteiger partial charge in [-0.3, -0.25) is 19.2 Å². The molecular formula is C12H15FN3O4P. The van der Waals surface area contributed by atoms with Crippen LogP contribution in [0.25, 0.3) is 0 Å². The molecule has 114 valence electrons. The van der Waals surface area contributed by atoms with Gasteiger partial charge in [0.1, 0.15) is 0 Å². The average molecular weight is 315 g/mol. The maximum absolute atomic E-state index is 13.6. The second kappa shape index (κ2) is 5.14. The number of benzene rings is 1. The van der Waals surface area contributed by atoms with Crippen molar-refractivity contribution in [1.82, 2.24) is 9.34 Å². The van der Waals surface area contributed by atoms with Gasteiger partial charge in [-0.1, -0.05) is 0 Å². The van der Waals surface area contributed by atoms with Gasteiger partial charge in [-0.25, -0.2) is 9.34 Å². The molecule has 0 amide bonds. The highest BCUT2D eigenvalue weighted by molar-refractivity contribution is 7.54. The first-order valence-electron chi connectivity index (χ1n) is 6.65. The molecule has 0 radical (unpaired) electrons. The highest BCUT2D eigenvalue weighted by Gasteiger charge is 2.50. The Hall–Kier alpha value is -1.34. The molecule has 0 saturated carbocycles. The van der Waals surface area contributed by atoms with E-state index in [1.54, 1.807) is 16.3 Å². The average Bonchev–Trinajstić information content (AvgIpc) is 3.30. The summed E-state index contributed by atoms with van der Waals surface area (Å²) in [6, 6.07) is 3.60. The first-order valence-corrected chi connectivity index (χ1v) is 8.18. The Balaban J connectivity index is 1.78. The van der Waals surface area contributed by atoms with Crippen LogP contribution in [0.3, 0.4) is 0 Å². The Morgan fingerprint density at radius 3 is 2.33 bits per heavy atom. The number of nitro benzene ring substituents is 1. The first-order chi connectivity index (χ1) is 9.91. The molecule has 0 spiro atoms. The van der Waals surface area contributed by atoms with E-state index in [2.05, 4.69) is 0 Å². The molecule has 0 aliphatic carbocycles. The summed E-state index contributed by atoms with van der Waals surface area (Å²) in [5, 5.41) is 10.6. The molecule has 0 N–H and O–H groups in total. The highest BCUT2D eigenvalue weighted by atomic mass is 31.2. The summed E-state index contributed by atoms with van der Waals surface area (Å²) in [6.07, 6.45) is -0.604. The van der Waals surface area contributed by atoms with E-state index in [4.69, 9.17) is 4.52 Å². The van der Waals surface area contributed by atoms with Crippen LogP contribution in [-0.2, 0) is 9.09 Å². The fourth-order valence-corrected chi connectivity index (χ4v) is 4.45. The molecule has 2 fully saturated rings. The van der Waals surface area contributed by atoms with Gasteiger partial charge < -0.3 is 0 Å². The number of halogens is 1. The lowest BCUT2D eigenvalue weighted by atomic mass is 10.1. The summed E-state index contributed by atoms with van der Waals surface area (Å²) < 4.78 is 35.7. The van der Waals surface area contributed by atoms with Crippen LogP contribution < -0.4 is 0 Å². The molecule has 0 aromatic heterocycles. The molecule has 2 saturated heterocycles. The van der Waals surface area contributed by atoms with Gasteiger partial charge in [0, 0.05) is 32.2 Å². The van der Waals surface area contributed by atoms with Crippen molar-refractivity contribution in [1.29, 1.82) is 0 Å². The van der Waals surface area contributed by atoms with Crippen LogP contribution in [0.4, 0.5) is 10.1 Å². The minimum absolute atomic E-state index is 0.432. The van der Waals surface area contributed by atoms with Gasteiger partial charge in [0.25, 0.3) is 0 Å². The monoisotopic (exact) mass is 315 g/mol. The number of rotatable bonds is 6. The number of hydrogen-bond acceptors (Lipinski definition) is 4. The van der Waals surface area contributed by atoms with Crippen molar-refractivity contribution >= 4 is 13.4 Å². The Labute approximate surface area is 121 Å². The molecule has 1 aromatic rings. The Kier molecular flexibility index (Phi) is 3.57. The largest absolute Gasteiger partial charge is 0.346 e. The molecule has 7 nitrogen and oxygen atoms in total. The van der Waals surface area contributed by atoms with Crippen LogP contribution in [0.2, 0.25) is 0 Å². The lowest BCUT2D eigenvalue weighted by Gasteiger charge is -2.24. The molecule has 9 heteroatoms. The van der Waals surface area contributed by atoms with Crippen LogP contribution in [0.5, 0.6) is 0 Å². The zero-order chi connectivity index (χ0) is 15.2. The van der Waals surface area contributed by atoms with E-state index in [1.807, 2.05) is 0 Å². The maximum atomic E-state index is 13.6. The zero-order valence-corrected chi connectivity index (χ0v) is 12.3. The second-order valence-corrected chi connectivity index (χ2v) is 7.44. The standard InChI is InChI=1S/C12H15FN3O4P/c1-9(10-2-3-12(16(17)18)11(13)8-10)20-21(19,14-4-5-14)15-6-7-15/h2-3,8-9H,4-7H2,1H3. The zero-order valence-electron chi connectivity index (χ0n) is 11.4. The fourth-order valence-electron chi connectivity index (χ4n) is 2.10. The third-order valence-electron chi connectivity index (χ3n) is 3.50. The molecule has 0 bridgehead atoms. The van der Waals surface area contributed by atoms with Crippen molar-refractivity contribution in [2.24, 2.45) is 0 Å². The van der Waals surface area contributed by atoms with E-state index in [1.165, 1.54) is 6.07 Å². The molecule has 2 heterocycles. The van der Waals surface area contributed by atoms with E-state index in [0.29, 0.717) is 5.56 Å². The quantitative estimate of drug-likeness (QED) is 0.347. The predicted octanol–water partition coefficient (Wildman–Crippen LogP) is 2.55. The predicted molar refractivity (Wildman–Crippen MR) is 73.3 cm³/mol. The molecule has 2 aliphatic rings. The number of hydrogen-bond donors (Lipinski definition) is 0. The van der Waals surface area contributed by atoms with E-state index >= 15 is 0 Å². The third-order valence-corrected chi connectivity index (χ3v) is 6.32. The molecular weight excluding hydrogens is 300 g/mol. The van der Waals surface area contributed by atoms with Gasteiger partial charge in [0.15, 0.2) is 0 Å². The van der Waals surface area contributed by atoms with E-state index < -0.39 is 30.2 Å². The summed E-state index contributed by atoms with van der Waals surface area (Å²) in [5.41, 5.74) is -0.145. The van der Waals surface area contributed by atoms with Crippen molar-refractivity contribution in [3.05, 3.63) is 39.7 Å². The Morgan fingerprint density at radius 1 is 1.33 bits per heavy atom. The van der Waals surface area contributed by atoms with Crippen molar-refractivity contribution in [3.63, 3.8) is 0 Å². The van der Waals surface area contributed by atoms with Crippen molar-refractivity contribution in [3.8, 4) is 0 Å². The third kappa shape index (κ3) is 2.85. The molecule has 1 unspecified atom stereocenters. The Morgan fingerprint density at radius 2 is 1.90 bits per heavy atom. The summed E-state index contributed by atoms with van der Waals surface area (Å²) in [5.74, 6) is -0.916. The normalized spacial score (nSPS) is 20.3. The Bertz CT molecular complexity index is 617. The van der Waals surface area contributed by atoms with Crippen molar-refractivity contribution < 1.29 is 18.4 Å². The number of nitrogens with zero attached hydrogens (tertiary/aromatic N) is 3. The van der Waals surface area contributed by atoms with E-state index in [-0.39, 0.29) is 0 Å². The fraction of sp³-hybridized carbons (Fsp3) is 0.500. The second-order valence-electron chi connectivity index (χ2n) is 5.11. The van der Waals surface area contributed by atoms with E-state index in [0.717, 1.165) is 38.3 Å². The summed E-state index contributed by atoms with van der Waals surface area (Å²) in [7, 11) is -3.00. The van der Waals surface area contributed by atoms with Gasteiger partial charge in [-0.15, -0.1) is 0 Å². The van der Waals surface area contributed by atoms with Gasteiger partial charge in [0.2, 0.25) is 5.82 Å². The minimum atomic E-state index is -3.00. The highest BCUT2D eigenvalue weighted by Crippen LogP contribution is 2.63. The van der Waals surface area contributed by atoms with Crippen LogP contribution >= 0.6 is 7.67 Å². The maximum Gasteiger partial charge on any atom is 0.346 e. The van der Waals surface area contributed by atoms with Crippen LogP contribution in [0.15, 0.2) is 18.2 Å². The van der Waals surface area contributed by atoms with Crippen molar-refractivity contribution in [2.75, 3.05) is 26.2 Å². The number of nitro groups is 1. The minimum Gasteiger partial charge on any atom is -0.298 e. The molecule has 3 rings (SSSR count). The van der Waals surface area contributed by atoms with Gasteiger partial charge in [-0.2, -0.15) is 4.39 Å². The van der Waals surface area contributed by atoms with Gasteiger partial charge in [0.05, 0.1) is 11.0 Å².